The van der Waals surface area contributed by atoms with Crippen molar-refractivity contribution in [1.82, 2.24) is 19.9 Å². The Morgan fingerprint density at radius 3 is 2.57 bits per heavy atom. The number of amides is 1. The maximum atomic E-state index is 13.2. The van der Waals surface area contributed by atoms with Crippen LogP contribution in [0.15, 0.2) is 24.7 Å². The van der Waals surface area contributed by atoms with Gasteiger partial charge in [-0.25, -0.2) is 15.0 Å². The minimum Gasteiger partial charge on any atom is -0.369 e. The molecule has 2 aromatic rings. The zero-order valence-electron chi connectivity index (χ0n) is 21.2. The number of methoxy groups -OCH3 is 1. The second-order valence-corrected chi connectivity index (χ2v) is 10.7. The van der Waals surface area contributed by atoms with Crippen molar-refractivity contribution < 1.29 is 9.53 Å². The normalized spacial score (nSPS) is 23.1. The number of hydrogen-bond acceptors (Lipinski definition) is 8. The number of anilines is 3. The molecule has 4 heterocycles. The van der Waals surface area contributed by atoms with E-state index in [9.17, 15) is 10.1 Å². The van der Waals surface area contributed by atoms with Gasteiger partial charge in [0.1, 0.15) is 29.4 Å². The number of piperazine rings is 1. The Hall–Kier alpha value is -3.25. The van der Waals surface area contributed by atoms with Crippen LogP contribution in [0, 0.1) is 11.3 Å². The lowest BCUT2D eigenvalue weighted by Crippen LogP contribution is -2.62. The zero-order valence-corrected chi connectivity index (χ0v) is 21.2. The van der Waals surface area contributed by atoms with Crippen molar-refractivity contribution in [3.8, 4) is 6.07 Å². The highest BCUT2D eigenvalue weighted by Gasteiger charge is 2.52. The van der Waals surface area contributed by atoms with Crippen LogP contribution >= 0.6 is 0 Å². The van der Waals surface area contributed by atoms with Crippen LogP contribution in [0.5, 0.6) is 0 Å². The molecule has 2 aromatic heterocycles. The predicted octanol–water partition coefficient (Wildman–Crippen LogP) is 3.17. The van der Waals surface area contributed by atoms with Crippen LogP contribution in [-0.4, -0.2) is 70.2 Å². The van der Waals surface area contributed by atoms with E-state index in [1.165, 1.54) is 12.0 Å². The molecule has 1 spiro atoms. The first-order chi connectivity index (χ1) is 16.7. The van der Waals surface area contributed by atoms with Gasteiger partial charge in [-0.3, -0.25) is 4.79 Å². The molecule has 9 heteroatoms. The Labute approximate surface area is 206 Å². The van der Waals surface area contributed by atoms with E-state index >= 15 is 0 Å². The minimum atomic E-state index is -0.853. The summed E-state index contributed by atoms with van der Waals surface area (Å²) in [7, 11) is 1.58. The molecule has 9 nitrogen and oxygen atoms in total. The van der Waals surface area contributed by atoms with Crippen LogP contribution in [0.3, 0.4) is 0 Å². The van der Waals surface area contributed by atoms with Gasteiger partial charge < -0.3 is 19.4 Å². The molecule has 0 aromatic carbocycles. The molecule has 184 valence electrons. The van der Waals surface area contributed by atoms with E-state index in [0.29, 0.717) is 18.7 Å². The molecule has 35 heavy (non-hydrogen) atoms. The van der Waals surface area contributed by atoms with E-state index in [1.807, 2.05) is 24.8 Å². The summed E-state index contributed by atoms with van der Waals surface area (Å²) in [5.41, 5.74) is 0.909. The van der Waals surface area contributed by atoms with Crippen LogP contribution in [0.4, 0.5) is 17.5 Å². The molecule has 1 aliphatic carbocycles. The summed E-state index contributed by atoms with van der Waals surface area (Å²) in [4.78, 5) is 33.7. The minimum absolute atomic E-state index is 0.00971. The molecule has 1 amide bonds. The average molecular weight is 476 g/mol. The highest BCUT2D eigenvalue weighted by molar-refractivity contribution is 5.85. The van der Waals surface area contributed by atoms with Gasteiger partial charge in [0, 0.05) is 56.0 Å². The lowest BCUT2D eigenvalue weighted by atomic mass is 9.66. The highest BCUT2D eigenvalue weighted by Crippen LogP contribution is 2.56. The molecular formula is C26H33N7O2. The molecule has 2 unspecified atom stereocenters. The SMILES string of the molecule is COC(C)(C)C(=O)N1CC(C)N(c2ncnc3c2C2(CCC2)CN3c2cc(C#N)ccn2)CC1C. The van der Waals surface area contributed by atoms with Crippen molar-refractivity contribution in [3.63, 3.8) is 0 Å². The second kappa shape index (κ2) is 8.45. The van der Waals surface area contributed by atoms with Crippen molar-refractivity contribution in [2.75, 3.05) is 36.5 Å². The van der Waals surface area contributed by atoms with Gasteiger partial charge in [0.05, 0.1) is 11.6 Å². The van der Waals surface area contributed by atoms with Crippen molar-refractivity contribution in [2.45, 2.75) is 70.1 Å². The Morgan fingerprint density at radius 1 is 1.17 bits per heavy atom. The molecule has 0 bridgehead atoms. The van der Waals surface area contributed by atoms with Gasteiger partial charge in [0.15, 0.2) is 0 Å². The summed E-state index contributed by atoms with van der Waals surface area (Å²) in [5, 5.41) is 9.39. The molecule has 0 N–H and O–H groups in total. The fraction of sp³-hybridized carbons (Fsp3) is 0.577. The standard InChI is InChI=1S/C26H33N7O2/c1-17-14-32(24(34)25(3,4)35-5)18(2)13-31(17)22-21-23(30-16-29-22)33(15-26(21)8-6-9-26)20-11-19(12-27)7-10-28-20/h7,10-11,16-18H,6,8-9,13-15H2,1-5H3. The predicted molar refractivity (Wildman–Crippen MR) is 133 cm³/mol. The smallest absolute Gasteiger partial charge is 0.254 e. The molecule has 0 radical (unpaired) electrons. The third-order valence-electron chi connectivity index (χ3n) is 8.06. The average Bonchev–Trinajstić information content (AvgIpc) is 3.21. The lowest BCUT2D eigenvalue weighted by molar-refractivity contribution is -0.154. The highest BCUT2D eigenvalue weighted by atomic mass is 16.5. The molecule has 2 fully saturated rings. The van der Waals surface area contributed by atoms with E-state index in [0.717, 1.165) is 36.8 Å². The maximum absolute atomic E-state index is 13.2. The number of rotatable bonds is 4. The number of ether oxygens (including phenoxy) is 1. The van der Waals surface area contributed by atoms with Crippen LogP contribution in [0.25, 0.3) is 0 Å². The van der Waals surface area contributed by atoms with E-state index in [-0.39, 0.29) is 23.4 Å². The third-order valence-corrected chi connectivity index (χ3v) is 8.06. The Morgan fingerprint density at radius 2 is 1.91 bits per heavy atom. The first kappa shape index (κ1) is 23.5. The first-order valence-electron chi connectivity index (χ1n) is 12.3. The van der Waals surface area contributed by atoms with Crippen LogP contribution in [-0.2, 0) is 14.9 Å². The molecular weight excluding hydrogens is 442 g/mol. The van der Waals surface area contributed by atoms with Gasteiger partial charge in [0.2, 0.25) is 0 Å². The van der Waals surface area contributed by atoms with Crippen LogP contribution < -0.4 is 9.80 Å². The van der Waals surface area contributed by atoms with E-state index < -0.39 is 5.60 Å². The van der Waals surface area contributed by atoms with Gasteiger partial charge in [-0.1, -0.05) is 6.42 Å². The maximum Gasteiger partial charge on any atom is 0.254 e. The van der Waals surface area contributed by atoms with Gasteiger partial charge in [-0.05, 0) is 52.7 Å². The molecule has 3 aliphatic rings. The largest absolute Gasteiger partial charge is 0.369 e. The fourth-order valence-electron chi connectivity index (χ4n) is 5.70. The molecule has 1 saturated heterocycles. The first-order valence-corrected chi connectivity index (χ1v) is 12.3. The molecule has 2 atom stereocenters. The Balaban J connectivity index is 1.51. The van der Waals surface area contributed by atoms with Gasteiger partial charge in [0.25, 0.3) is 5.91 Å². The Bertz CT molecular complexity index is 1190. The van der Waals surface area contributed by atoms with Gasteiger partial charge >= 0.3 is 0 Å². The number of nitrogens with zero attached hydrogens (tertiary/aromatic N) is 7. The van der Waals surface area contributed by atoms with E-state index in [1.54, 1.807) is 25.7 Å². The quantitative estimate of drug-likeness (QED) is 0.665. The molecule has 1 saturated carbocycles. The lowest BCUT2D eigenvalue weighted by Gasteiger charge is -2.48. The molecule has 2 aliphatic heterocycles. The third kappa shape index (κ3) is 3.71. The summed E-state index contributed by atoms with van der Waals surface area (Å²) < 4.78 is 5.47. The number of carbonyl (C=O) groups excluding carboxylic acids is 1. The number of aromatic nitrogens is 3. The number of fused-ring (bicyclic) bond motifs is 2. The summed E-state index contributed by atoms with van der Waals surface area (Å²) in [5.74, 6) is 2.61. The molecule has 5 rings (SSSR count). The number of hydrogen-bond donors (Lipinski definition) is 0. The second-order valence-electron chi connectivity index (χ2n) is 10.7. The monoisotopic (exact) mass is 475 g/mol. The van der Waals surface area contributed by atoms with Crippen molar-refractivity contribution in [1.29, 1.82) is 5.26 Å². The van der Waals surface area contributed by atoms with Gasteiger partial charge in [-0.2, -0.15) is 5.26 Å². The van der Waals surface area contributed by atoms with Crippen molar-refractivity contribution in [2.24, 2.45) is 0 Å². The number of nitriles is 1. The van der Waals surface area contributed by atoms with Gasteiger partial charge in [-0.15, -0.1) is 0 Å². The van der Waals surface area contributed by atoms with Crippen LogP contribution in [0.1, 0.15) is 58.1 Å². The zero-order chi connectivity index (χ0) is 25.0. The van der Waals surface area contributed by atoms with Crippen LogP contribution in [0.2, 0.25) is 0 Å². The van der Waals surface area contributed by atoms with E-state index in [2.05, 4.69) is 34.7 Å². The van der Waals surface area contributed by atoms with E-state index in [4.69, 9.17) is 14.7 Å². The summed E-state index contributed by atoms with van der Waals surface area (Å²) >= 11 is 0. The number of pyridine rings is 1. The van der Waals surface area contributed by atoms with Crippen molar-refractivity contribution in [3.05, 3.63) is 35.8 Å². The number of carbonyl (C=O) groups is 1. The summed E-state index contributed by atoms with van der Waals surface area (Å²) in [6.07, 6.45) is 6.66. The topological polar surface area (TPSA) is 98.5 Å². The van der Waals surface area contributed by atoms with Crippen molar-refractivity contribution >= 4 is 23.4 Å². The Kier molecular flexibility index (Phi) is 5.67. The summed E-state index contributed by atoms with van der Waals surface area (Å²) in [6, 6.07) is 5.87. The summed E-state index contributed by atoms with van der Waals surface area (Å²) in [6.45, 7) is 9.97. The fourth-order valence-corrected chi connectivity index (χ4v) is 5.70.